The summed E-state index contributed by atoms with van der Waals surface area (Å²) in [7, 11) is 0. The molecular weight excluding hydrogens is 214 g/mol. The van der Waals surface area contributed by atoms with E-state index in [2.05, 4.69) is 15.6 Å². The van der Waals surface area contributed by atoms with Crippen LogP contribution < -0.4 is 10.6 Å². The molecule has 4 nitrogen and oxygen atoms in total. The van der Waals surface area contributed by atoms with Crippen LogP contribution in [0.1, 0.15) is 31.7 Å². The highest BCUT2D eigenvalue weighted by Crippen LogP contribution is 2.21. The van der Waals surface area contributed by atoms with Crippen molar-refractivity contribution in [1.82, 2.24) is 10.3 Å². The summed E-state index contributed by atoms with van der Waals surface area (Å²) < 4.78 is 0. The zero-order valence-electron chi connectivity index (χ0n) is 10.4. The second kappa shape index (κ2) is 4.84. The minimum atomic E-state index is -0.456. The van der Waals surface area contributed by atoms with Crippen LogP contribution in [0.25, 0.3) is 0 Å². The number of anilines is 1. The number of pyridine rings is 1. The summed E-state index contributed by atoms with van der Waals surface area (Å²) in [5, 5.41) is 6.20. The van der Waals surface area contributed by atoms with E-state index in [0.29, 0.717) is 5.82 Å². The first-order chi connectivity index (χ1) is 8.12. The average Bonchev–Trinajstić information content (AvgIpc) is 2.33. The van der Waals surface area contributed by atoms with Crippen molar-refractivity contribution in [1.29, 1.82) is 0 Å². The standard InChI is InChI=1S/C13H19N3O/c1-10-6-5-8-14-11(10)16-12(17)13(2)7-3-4-9-15-13/h5-6,8,15H,3-4,7,9H2,1-2H3,(H,14,16,17). The number of hydrogen-bond donors (Lipinski definition) is 2. The summed E-state index contributed by atoms with van der Waals surface area (Å²) in [6.07, 6.45) is 4.81. The maximum absolute atomic E-state index is 12.2. The maximum Gasteiger partial charge on any atom is 0.245 e. The molecule has 2 N–H and O–H groups in total. The van der Waals surface area contributed by atoms with Gasteiger partial charge in [0.2, 0.25) is 5.91 Å². The zero-order chi connectivity index (χ0) is 12.3. The van der Waals surface area contributed by atoms with Crippen LogP contribution in [0.15, 0.2) is 18.3 Å². The SMILES string of the molecule is Cc1cccnc1NC(=O)C1(C)CCCCN1. The van der Waals surface area contributed by atoms with Crippen molar-refractivity contribution in [2.45, 2.75) is 38.6 Å². The molecule has 4 heteroatoms. The normalized spacial score (nSPS) is 24.4. The molecule has 1 aliphatic rings. The molecule has 2 rings (SSSR count). The fourth-order valence-electron chi connectivity index (χ4n) is 2.11. The van der Waals surface area contributed by atoms with Crippen molar-refractivity contribution in [2.24, 2.45) is 0 Å². The average molecular weight is 233 g/mol. The van der Waals surface area contributed by atoms with Gasteiger partial charge in [0.15, 0.2) is 0 Å². The third kappa shape index (κ3) is 2.64. The molecule has 92 valence electrons. The van der Waals surface area contributed by atoms with Crippen molar-refractivity contribution in [3.05, 3.63) is 23.9 Å². The predicted molar refractivity (Wildman–Crippen MR) is 67.9 cm³/mol. The molecule has 1 saturated heterocycles. The van der Waals surface area contributed by atoms with Gasteiger partial charge in [-0.2, -0.15) is 0 Å². The first kappa shape index (κ1) is 12.0. The lowest BCUT2D eigenvalue weighted by Crippen LogP contribution is -2.54. The summed E-state index contributed by atoms with van der Waals surface area (Å²) in [6, 6.07) is 3.81. The second-order valence-electron chi connectivity index (χ2n) is 4.84. The summed E-state index contributed by atoms with van der Waals surface area (Å²) in [6.45, 7) is 4.81. The predicted octanol–water partition coefficient (Wildman–Crippen LogP) is 1.86. The second-order valence-corrected chi connectivity index (χ2v) is 4.84. The molecule has 1 aliphatic heterocycles. The lowest BCUT2D eigenvalue weighted by atomic mass is 9.90. The van der Waals surface area contributed by atoms with E-state index in [4.69, 9.17) is 0 Å². The van der Waals surface area contributed by atoms with Crippen LogP contribution in [-0.2, 0) is 4.79 Å². The van der Waals surface area contributed by atoms with Gasteiger partial charge in [-0.1, -0.05) is 6.07 Å². The number of carbonyl (C=O) groups excluding carboxylic acids is 1. The fourth-order valence-corrected chi connectivity index (χ4v) is 2.11. The molecule has 1 aromatic heterocycles. The number of hydrogen-bond acceptors (Lipinski definition) is 3. The molecule has 0 aromatic carbocycles. The number of nitrogens with zero attached hydrogens (tertiary/aromatic N) is 1. The largest absolute Gasteiger partial charge is 0.309 e. The van der Waals surface area contributed by atoms with Gasteiger partial charge in [0.1, 0.15) is 5.82 Å². The number of rotatable bonds is 2. The fraction of sp³-hybridized carbons (Fsp3) is 0.538. The highest BCUT2D eigenvalue weighted by Gasteiger charge is 2.34. The number of aryl methyl sites for hydroxylation is 1. The van der Waals surface area contributed by atoms with E-state index in [9.17, 15) is 4.79 Å². The zero-order valence-corrected chi connectivity index (χ0v) is 10.4. The van der Waals surface area contributed by atoms with E-state index in [1.165, 1.54) is 0 Å². The van der Waals surface area contributed by atoms with Gasteiger partial charge in [0, 0.05) is 6.20 Å². The van der Waals surface area contributed by atoms with Crippen LogP contribution >= 0.6 is 0 Å². The Balaban J connectivity index is 2.08. The monoisotopic (exact) mass is 233 g/mol. The Hall–Kier alpha value is -1.42. The number of nitrogens with one attached hydrogen (secondary N) is 2. The van der Waals surface area contributed by atoms with E-state index in [1.807, 2.05) is 26.0 Å². The summed E-state index contributed by atoms with van der Waals surface area (Å²) in [5.41, 5.74) is 0.530. The Bertz CT molecular complexity index is 411. The molecule has 0 radical (unpaired) electrons. The number of amides is 1. The molecule has 1 unspecified atom stereocenters. The van der Waals surface area contributed by atoms with Crippen LogP contribution in [0.4, 0.5) is 5.82 Å². The quantitative estimate of drug-likeness (QED) is 0.819. The molecule has 1 atom stereocenters. The highest BCUT2D eigenvalue weighted by molar-refractivity contribution is 5.97. The maximum atomic E-state index is 12.2. The van der Waals surface area contributed by atoms with Crippen molar-refractivity contribution in [3.8, 4) is 0 Å². The minimum Gasteiger partial charge on any atom is -0.309 e. The number of carbonyl (C=O) groups is 1. The molecule has 1 aromatic rings. The van der Waals surface area contributed by atoms with Gasteiger partial charge in [0.25, 0.3) is 0 Å². The Morgan fingerprint density at radius 2 is 2.35 bits per heavy atom. The molecule has 0 aliphatic carbocycles. The lowest BCUT2D eigenvalue weighted by molar-refractivity contribution is -0.122. The van der Waals surface area contributed by atoms with Crippen LogP contribution in [0.3, 0.4) is 0 Å². The van der Waals surface area contributed by atoms with Gasteiger partial charge < -0.3 is 10.6 Å². The van der Waals surface area contributed by atoms with E-state index in [1.54, 1.807) is 6.20 Å². The summed E-state index contributed by atoms with van der Waals surface area (Å²) >= 11 is 0. The van der Waals surface area contributed by atoms with Gasteiger partial charge in [-0.25, -0.2) is 4.98 Å². The van der Waals surface area contributed by atoms with E-state index >= 15 is 0 Å². The van der Waals surface area contributed by atoms with E-state index in [-0.39, 0.29) is 5.91 Å². The smallest absolute Gasteiger partial charge is 0.245 e. The first-order valence-corrected chi connectivity index (χ1v) is 6.10. The summed E-state index contributed by atoms with van der Waals surface area (Å²) in [5.74, 6) is 0.671. The molecule has 17 heavy (non-hydrogen) atoms. The molecule has 0 spiro atoms. The Morgan fingerprint density at radius 1 is 1.53 bits per heavy atom. The Kier molecular flexibility index (Phi) is 3.43. The molecule has 0 saturated carbocycles. The third-order valence-corrected chi connectivity index (χ3v) is 3.36. The topological polar surface area (TPSA) is 54.0 Å². The van der Waals surface area contributed by atoms with Crippen molar-refractivity contribution in [3.63, 3.8) is 0 Å². The van der Waals surface area contributed by atoms with Crippen LogP contribution in [0.5, 0.6) is 0 Å². The molecule has 0 bridgehead atoms. The minimum absolute atomic E-state index is 0.0130. The molecular formula is C13H19N3O. The Labute approximate surface area is 102 Å². The number of piperidine rings is 1. The third-order valence-electron chi connectivity index (χ3n) is 3.36. The van der Waals surface area contributed by atoms with E-state index < -0.39 is 5.54 Å². The van der Waals surface area contributed by atoms with E-state index in [0.717, 1.165) is 31.4 Å². The molecule has 1 amide bonds. The van der Waals surface area contributed by atoms with Gasteiger partial charge in [-0.05, 0) is 51.3 Å². The van der Waals surface area contributed by atoms with Crippen LogP contribution in [0, 0.1) is 6.92 Å². The first-order valence-electron chi connectivity index (χ1n) is 6.10. The number of aromatic nitrogens is 1. The van der Waals surface area contributed by atoms with Gasteiger partial charge in [-0.3, -0.25) is 4.79 Å². The van der Waals surface area contributed by atoms with Crippen molar-refractivity contribution < 1.29 is 4.79 Å². The molecule has 2 heterocycles. The van der Waals surface area contributed by atoms with Gasteiger partial charge in [-0.15, -0.1) is 0 Å². The summed E-state index contributed by atoms with van der Waals surface area (Å²) in [4.78, 5) is 16.4. The van der Waals surface area contributed by atoms with Crippen LogP contribution in [0.2, 0.25) is 0 Å². The lowest BCUT2D eigenvalue weighted by Gasteiger charge is -2.33. The van der Waals surface area contributed by atoms with Crippen LogP contribution in [-0.4, -0.2) is 23.0 Å². The van der Waals surface area contributed by atoms with Crippen molar-refractivity contribution >= 4 is 11.7 Å². The highest BCUT2D eigenvalue weighted by atomic mass is 16.2. The van der Waals surface area contributed by atoms with Gasteiger partial charge in [0.05, 0.1) is 5.54 Å². The Morgan fingerprint density at radius 3 is 3.00 bits per heavy atom. The van der Waals surface area contributed by atoms with Gasteiger partial charge >= 0.3 is 0 Å². The molecule has 1 fully saturated rings. The van der Waals surface area contributed by atoms with Crippen molar-refractivity contribution in [2.75, 3.05) is 11.9 Å².